The van der Waals surface area contributed by atoms with Gasteiger partial charge in [-0.25, -0.2) is 0 Å². The van der Waals surface area contributed by atoms with Gasteiger partial charge < -0.3 is 4.90 Å². The Bertz CT molecular complexity index is 700. The third-order valence-corrected chi connectivity index (χ3v) is 4.53. The molecular formula is C19H19ClN2O. The molecule has 1 aliphatic rings. The Labute approximate surface area is 141 Å². The molecule has 0 radical (unpaired) electrons. The van der Waals surface area contributed by atoms with Crippen LogP contribution in [-0.4, -0.2) is 28.4 Å². The summed E-state index contributed by atoms with van der Waals surface area (Å²) in [5, 5.41) is 0.774. The minimum absolute atomic E-state index is 0.0465. The maximum absolute atomic E-state index is 12.5. The normalized spacial score (nSPS) is 17.8. The van der Waals surface area contributed by atoms with Crippen molar-refractivity contribution < 1.29 is 4.79 Å². The van der Waals surface area contributed by atoms with E-state index >= 15 is 0 Å². The van der Waals surface area contributed by atoms with Gasteiger partial charge in [0.2, 0.25) is 5.91 Å². The van der Waals surface area contributed by atoms with Crippen molar-refractivity contribution >= 4 is 23.6 Å². The van der Waals surface area contributed by atoms with Crippen molar-refractivity contribution in [3.05, 3.63) is 71.0 Å². The highest BCUT2D eigenvalue weighted by Crippen LogP contribution is 2.25. The van der Waals surface area contributed by atoms with Crippen molar-refractivity contribution in [2.45, 2.75) is 25.3 Å². The summed E-state index contributed by atoms with van der Waals surface area (Å²) in [6.07, 6.45) is 7.98. The van der Waals surface area contributed by atoms with Gasteiger partial charge in [0.1, 0.15) is 0 Å². The van der Waals surface area contributed by atoms with Crippen molar-refractivity contribution in [1.82, 2.24) is 9.88 Å². The summed E-state index contributed by atoms with van der Waals surface area (Å²) in [5.41, 5.74) is 1.90. The average Bonchev–Trinajstić information content (AvgIpc) is 3.04. The molecule has 1 unspecified atom stereocenters. The third kappa shape index (κ3) is 3.99. The van der Waals surface area contributed by atoms with Crippen LogP contribution in [0.5, 0.6) is 0 Å². The molecule has 118 valence electrons. The first-order valence-electron chi connectivity index (χ1n) is 7.87. The van der Waals surface area contributed by atoms with Gasteiger partial charge in [-0.05, 0) is 49.1 Å². The van der Waals surface area contributed by atoms with Crippen molar-refractivity contribution in [1.29, 1.82) is 0 Å². The molecule has 1 fully saturated rings. The molecule has 0 saturated carbocycles. The number of hydrogen-bond donors (Lipinski definition) is 0. The van der Waals surface area contributed by atoms with Crippen LogP contribution in [0.1, 0.15) is 24.1 Å². The minimum Gasteiger partial charge on any atom is -0.336 e. The molecule has 1 aromatic heterocycles. The summed E-state index contributed by atoms with van der Waals surface area (Å²) in [6.45, 7) is 0.806. The molecule has 2 aromatic rings. The smallest absolute Gasteiger partial charge is 0.246 e. The summed E-state index contributed by atoms with van der Waals surface area (Å²) in [4.78, 5) is 18.6. The van der Waals surface area contributed by atoms with Gasteiger partial charge in [-0.3, -0.25) is 9.78 Å². The molecule has 0 spiro atoms. The van der Waals surface area contributed by atoms with Gasteiger partial charge in [-0.2, -0.15) is 0 Å². The molecule has 1 saturated heterocycles. The van der Waals surface area contributed by atoms with Gasteiger partial charge in [0.05, 0.1) is 5.69 Å². The van der Waals surface area contributed by atoms with Crippen molar-refractivity contribution in [3.63, 3.8) is 0 Å². The van der Waals surface area contributed by atoms with E-state index in [1.165, 1.54) is 0 Å². The lowest BCUT2D eigenvalue weighted by molar-refractivity contribution is -0.126. The van der Waals surface area contributed by atoms with Gasteiger partial charge in [-0.1, -0.05) is 35.9 Å². The van der Waals surface area contributed by atoms with E-state index in [9.17, 15) is 4.79 Å². The molecule has 1 atom stereocenters. The second-order valence-corrected chi connectivity index (χ2v) is 6.12. The SMILES string of the molecule is O=C(/C=C/c1ccccn1)N1CCCC1Cc1ccccc1Cl. The maximum Gasteiger partial charge on any atom is 0.246 e. The van der Waals surface area contributed by atoms with Crippen LogP contribution in [0, 0.1) is 0 Å². The second kappa shape index (κ2) is 7.42. The zero-order valence-electron chi connectivity index (χ0n) is 12.9. The molecule has 3 rings (SSSR count). The molecule has 4 heteroatoms. The predicted octanol–water partition coefficient (Wildman–Crippen LogP) is 3.98. The highest BCUT2D eigenvalue weighted by atomic mass is 35.5. The highest BCUT2D eigenvalue weighted by molar-refractivity contribution is 6.31. The van der Waals surface area contributed by atoms with Crippen LogP contribution in [-0.2, 0) is 11.2 Å². The van der Waals surface area contributed by atoms with Gasteiger partial charge in [0.15, 0.2) is 0 Å². The van der Waals surface area contributed by atoms with Gasteiger partial charge in [0, 0.05) is 29.9 Å². The molecule has 1 aromatic carbocycles. The lowest BCUT2D eigenvalue weighted by atomic mass is 10.0. The van der Waals surface area contributed by atoms with Crippen LogP contribution in [0.4, 0.5) is 0 Å². The molecule has 1 aliphatic heterocycles. The number of hydrogen-bond acceptors (Lipinski definition) is 2. The van der Waals surface area contributed by atoms with E-state index in [1.54, 1.807) is 18.3 Å². The van der Waals surface area contributed by atoms with Crippen molar-refractivity contribution in [2.75, 3.05) is 6.54 Å². The van der Waals surface area contributed by atoms with E-state index in [4.69, 9.17) is 11.6 Å². The number of nitrogens with zero attached hydrogens (tertiary/aromatic N) is 2. The first-order chi connectivity index (χ1) is 11.2. The highest BCUT2D eigenvalue weighted by Gasteiger charge is 2.27. The van der Waals surface area contributed by atoms with Crippen LogP contribution in [0.2, 0.25) is 5.02 Å². The zero-order valence-corrected chi connectivity index (χ0v) is 13.6. The van der Waals surface area contributed by atoms with E-state index in [0.717, 1.165) is 42.1 Å². The molecule has 0 aliphatic carbocycles. The largest absolute Gasteiger partial charge is 0.336 e. The van der Waals surface area contributed by atoms with Crippen molar-refractivity contribution in [2.24, 2.45) is 0 Å². The lowest BCUT2D eigenvalue weighted by Gasteiger charge is -2.24. The number of rotatable bonds is 4. The van der Waals surface area contributed by atoms with Gasteiger partial charge in [-0.15, -0.1) is 0 Å². The number of benzene rings is 1. The van der Waals surface area contributed by atoms with Gasteiger partial charge in [0.25, 0.3) is 0 Å². The fourth-order valence-corrected chi connectivity index (χ4v) is 3.20. The average molecular weight is 327 g/mol. The standard InChI is InChI=1S/C19H19ClN2O/c20-18-9-2-1-6-15(18)14-17-8-5-13-22(17)19(23)11-10-16-7-3-4-12-21-16/h1-4,6-7,9-12,17H,5,8,13-14H2/b11-10+. The number of carbonyl (C=O) groups excluding carboxylic acids is 1. The Morgan fingerprint density at radius 2 is 2.09 bits per heavy atom. The first kappa shape index (κ1) is 15.8. The maximum atomic E-state index is 12.5. The Kier molecular flexibility index (Phi) is 5.09. The molecule has 0 bridgehead atoms. The van der Waals surface area contributed by atoms with E-state index < -0.39 is 0 Å². The fourth-order valence-electron chi connectivity index (χ4n) is 2.98. The summed E-state index contributed by atoms with van der Waals surface area (Å²) in [6, 6.07) is 13.7. The monoisotopic (exact) mass is 326 g/mol. The third-order valence-electron chi connectivity index (χ3n) is 4.16. The Morgan fingerprint density at radius 3 is 2.87 bits per heavy atom. The minimum atomic E-state index is 0.0465. The quantitative estimate of drug-likeness (QED) is 0.796. The Hall–Kier alpha value is -2.13. The summed E-state index contributed by atoms with van der Waals surface area (Å²) < 4.78 is 0. The first-order valence-corrected chi connectivity index (χ1v) is 8.25. The molecule has 3 nitrogen and oxygen atoms in total. The number of halogens is 1. The van der Waals surface area contributed by atoms with E-state index in [1.807, 2.05) is 47.4 Å². The molecule has 2 heterocycles. The number of likely N-dealkylation sites (tertiary alicyclic amines) is 1. The number of pyridine rings is 1. The summed E-state index contributed by atoms with van der Waals surface area (Å²) in [7, 11) is 0. The van der Waals surface area contributed by atoms with Crippen LogP contribution in [0.25, 0.3) is 6.08 Å². The predicted molar refractivity (Wildman–Crippen MR) is 93.2 cm³/mol. The van der Waals surface area contributed by atoms with Gasteiger partial charge >= 0.3 is 0 Å². The van der Waals surface area contributed by atoms with Crippen molar-refractivity contribution in [3.8, 4) is 0 Å². The van der Waals surface area contributed by atoms with Crippen LogP contribution in [0.15, 0.2) is 54.7 Å². The van der Waals surface area contributed by atoms with E-state index in [2.05, 4.69) is 4.98 Å². The van der Waals surface area contributed by atoms with E-state index in [-0.39, 0.29) is 11.9 Å². The topological polar surface area (TPSA) is 33.2 Å². The number of amides is 1. The summed E-state index contributed by atoms with van der Waals surface area (Å²) in [5.74, 6) is 0.0465. The molecular weight excluding hydrogens is 308 g/mol. The summed E-state index contributed by atoms with van der Waals surface area (Å²) >= 11 is 6.25. The second-order valence-electron chi connectivity index (χ2n) is 5.71. The zero-order chi connectivity index (χ0) is 16.1. The molecule has 23 heavy (non-hydrogen) atoms. The molecule has 1 amide bonds. The number of carbonyl (C=O) groups is 1. The Morgan fingerprint density at radius 1 is 1.26 bits per heavy atom. The van der Waals surface area contributed by atoms with Crippen LogP contribution >= 0.6 is 11.6 Å². The Balaban J connectivity index is 1.68. The number of aromatic nitrogens is 1. The lowest BCUT2D eigenvalue weighted by Crippen LogP contribution is -2.35. The molecule has 0 N–H and O–H groups in total. The van der Waals surface area contributed by atoms with E-state index in [0.29, 0.717) is 0 Å². The fraction of sp³-hybridized carbons (Fsp3) is 0.263. The van der Waals surface area contributed by atoms with Crippen LogP contribution in [0.3, 0.4) is 0 Å². The van der Waals surface area contributed by atoms with Crippen LogP contribution < -0.4 is 0 Å².